The lowest BCUT2D eigenvalue weighted by molar-refractivity contribution is 0.969. The zero-order valence-electron chi connectivity index (χ0n) is 5.66. The van der Waals surface area contributed by atoms with Crippen molar-refractivity contribution in [2.45, 2.75) is 6.92 Å². The van der Waals surface area contributed by atoms with Crippen molar-refractivity contribution in [2.24, 2.45) is 0 Å². The molecule has 1 heterocycles. The molecule has 0 fully saturated rings. The highest BCUT2D eigenvalue weighted by atomic mass is 32.1. The van der Waals surface area contributed by atoms with E-state index in [0.717, 1.165) is 6.54 Å². The van der Waals surface area contributed by atoms with Gasteiger partial charge in [0.1, 0.15) is 0 Å². The Labute approximate surface area is 59.3 Å². The van der Waals surface area contributed by atoms with E-state index >= 15 is 0 Å². The van der Waals surface area contributed by atoms with Crippen LogP contribution in [0.1, 0.15) is 6.92 Å². The monoisotopic (exact) mass is 142 g/mol. The Hall–Kier alpha value is -0.570. The molecule has 0 aromatic carbocycles. The molecule has 0 aliphatic carbocycles. The first-order valence-corrected chi connectivity index (χ1v) is 3.78. The normalized spacial score (nSPS) is 9.56. The predicted octanol–water partition coefficient (Wildman–Crippen LogP) is 1.60. The SMILES string of the molecule is CCN(C)c1cnsc1. The Morgan fingerprint density at radius 2 is 2.56 bits per heavy atom. The first-order chi connectivity index (χ1) is 4.34. The molecule has 0 saturated carbocycles. The van der Waals surface area contributed by atoms with E-state index < -0.39 is 0 Å². The third kappa shape index (κ3) is 1.42. The largest absolute Gasteiger partial charge is 0.373 e. The minimum Gasteiger partial charge on any atom is -0.373 e. The number of nitrogens with zero attached hydrogens (tertiary/aromatic N) is 2. The maximum atomic E-state index is 3.99. The molecule has 9 heavy (non-hydrogen) atoms. The van der Waals surface area contributed by atoms with Crippen LogP contribution in [0, 0.1) is 0 Å². The van der Waals surface area contributed by atoms with Crippen LogP contribution in [-0.2, 0) is 0 Å². The molecule has 0 bridgehead atoms. The van der Waals surface area contributed by atoms with Gasteiger partial charge in [0, 0.05) is 19.0 Å². The van der Waals surface area contributed by atoms with Gasteiger partial charge in [-0.05, 0) is 18.5 Å². The van der Waals surface area contributed by atoms with Crippen LogP contribution >= 0.6 is 11.5 Å². The Bertz CT molecular complexity index is 160. The molecular weight excluding hydrogens is 132 g/mol. The van der Waals surface area contributed by atoms with Crippen LogP contribution in [0.3, 0.4) is 0 Å². The minimum atomic E-state index is 1.04. The van der Waals surface area contributed by atoms with Crippen LogP contribution in [0.5, 0.6) is 0 Å². The summed E-state index contributed by atoms with van der Waals surface area (Å²) in [6, 6.07) is 0. The maximum absolute atomic E-state index is 3.99. The summed E-state index contributed by atoms with van der Waals surface area (Å²) in [7, 11) is 2.06. The van der Waals surface area contributed by atoms with Gasteiger partial charge in [-0.1, -0.05) is 0 Å². The highest BCUT2D eigenvalue weighted by Gasteiger charge is 1.95. The van der Waals surface area contributed by atoms with Crippen molar-refractivity contribution in [3.63, 3.8) is 0 Å². The van der Waals surface area contributed by atoms with Gasteiger partial charge in [-0.25, -0.2) is 0 Å². The molecule has 0 atom stereocenters. The first kappa shape index (κ1) is 6.55. The molecule has 0 radical (unpaired) electrons. The topological polar surface area (TPSA) is 16.1 Å². The second kappa shape index (κ2) is 2.82. The molecule has 1 aromatic heterocycles. The van der Waals surface area contributed by atoms with E-state index in [9.17, 15) is 0 Å². The lowest BCUT2D eigenvalue weighted by Gasteiger charge is -2.12. The number of anilines is 1. The molecule has 0 aliphatic rings. The van der Waals surface area contributed by atoms with E-state index in [-0.39, 0.29) is 0 Å². The van der Waals surface area contributed by atoms with Crippen molar-refractivity contribution in [1.29, 1.82) is 0 Å². The summed E-state index contributed by atoms with van der Waals surface area (Å²) < 4.78 is 3.99. The zero-order chi connectivity index (χ0) is 6.69. The summed E-state index contributed by atoms with van der Waals surface area (Å²) in [5, 5.41) is 2.05. The third-order valence-electron chi connectivity index (χ3n) is 1.33. The van der Waals surface area contributed by atoms with Crippen molar-refractivity contribution < 1.29 is 0 Å². The number of hydrogen-bond acceptors (Lipinski definition) is 3. The van der Waals surface area contributed by atoms with Gasteiger partial charge in [0.15, 0.2) is 0 Å². The van der Waals surface area contributed by atoms with Gasteiger partial charge in [0.2, 0.25) is 0 Å². The van der Waals surface area contributed by atoms with Crippen molar-refractivity contribution >= 4 is 17.2 Å². The second-order valence-electron chi connectivity index (χ2n) is 1.90. The molecule has 0 saturated heterocycles. The fraction of sp³-hybridized carbons (Fsp3) is 0.500. The van der Waals surface area contributed by atoms with Crippen LogP contribution in [0.15, 0.2) is 11.6 Å². The number of aromatic nitrogens is 1. The number of hydrogen-bond donors (Lipinski definition) is 0. The minimum absolute atomic E-state index is 1.04. The molecular formula is C6H10N2S. The van der Waals surface area contributed by atoms with Crippen molar-refractivity contribution in [1.82, 2.24) is 4.37 Å². The smallest absolute Gasteiger partial charge is 0.0676 e. The van der Waals surface area contributed by atoms with Gasteiger partial charge >= 0.3 is 0 Å². The highest BCUT2D eigenvalue weighted by Crippen LogP contribution is 2.11. The predicted molar refractivity (Wildman–Crippen MR) is 41.1 cm³/mol. The molecule has 0 spiro atoms. The van der Waals surface area contributed by atoms with Crippen molar-refractivity contribution in [3.05, 3.63) is 11.6 Å². The Morgan fingerprint density at radius 3 is 3.00 bits per heavy atom. The summed E-state index contributed by atoms with van der Waals surface area (Å²) in [6.45, 7) is 3.16. The molecule has 1 rings (SSSR count). The number of rotatable bonds is 2. The van der Waals surface area contributed by atoms with Crippen LogP contribution in [0.4, 0.5) is 5.69 Å². The maximum Gasteiger partial charge on any atom is 0.0676 e. The lowest BCUT2D eigenvalue weighted by atomic mass is 10.5. The van der Waals surface area contributed by atoms with Gasteiger partial charge in [0.05, 0.1) is 11.9 Å². The van der Waals surface area contributed by atoms with Gasteiger partial charge in [-0.15, -0.1) is 0 Å². The molecule has 0 aliphatic heterocycles. The summed E-state index contributed by atoms with van der Waals surface area (Å²) in [5.74, 6) is 0. The van der Waals surface area contributed by atoms with E-state index in [4.69, 9.17) is 0 Å². The average Bonchev–Trinajstić information content (AvgIpc) is 2.37. The first-order valence-electron chi connectivity index (χ1n) is 2.95. The molecule has 0 unspecified atom stereocenters. The summed E-state index contributed by atoms with van der Waals surface area (Å²) >= 11 is 1.49. The van der Waals surface area contributed by atoms with Crippen LogP contribution in [-0.4, -0.2) is 18.0 Å². The van der Waals surface area contributed by atoms with Crippen molar-refractivity contribution in [2.75, 3.05) is 18.5 Å². The van der Waals surface area contributed by atoms with Gasteiger partial charge in [-0.3, -0.25) is 0 Å². The molecule has 50 valence electrons. The highest BCUT2D eigenvalue weighted by molar-refractivity contribution is 7.04. The quantitative estimate of drug-likeness (QED) is 0.623. The Balaban J connectivity index is 2.65. The zero-order valence-corrected chi connectivity index (χ0v) is 6.48. The van der Waals surface area contributed by atoms with Crippen LogP contribution < -0.4 is 4.90 Å². The van der Waals surface area contributed by atoms with E-state index in [2.05, 4.69) is 23.2 Å². The van der Waals surface area contributed by atoms with E-state index in [1.807, 2.05) is 11.6 Å². The molecule has 0 amide bonds. The fourth-order valence-electron chi connectivity index (χ4n) is 0.570. The molecule has 2 nitrogen and oxygen atoms in total. The second-order valence-corrected chi connectivity index (χ2v) is 2.55. The standard InChI is InChI=1S/C6H10N2S/c1-3-8(2)6-4-7-9-5-6/h4-5H,3H2,1-2H3. The Kier molecular flexibility index (Phi) is 2.05. The average molecular weight is 142 g/mol. The fourth-order valence-corrected chi connectivity index (χ4v) is 1.15. The van der Waals surface area contributed by atoms with Crippen molar-refractivity contribution in [3.8, 4) is 0 Å². The molecule has 0 N–H and O–H groups in total. The van der Waals surface area contributed by atoms with E-state index in [0.29, 0.717) is 0 Å². The van der Waals surface area contributed by atoms with Crippen LogP contribution in [0.25, 0.3) is 0 Å². The molecule has 1 aromatic rings. The van der Waals surface area contributed by atoms with Gasteiger partial charge in [0.25, 0.3) is 0 Å². The van der Waals surface area contributed by atoms with Gasteiger partial charge < -0.3 is 4.90 Å². The third-order valence-corrected chi connectivity index (χ3v) is 1.91. The Morgan fingerprint density at radius 1 is 1.78 bits per heavy atom. The molecule has 3 heteroatoms. The summed E-state index contributed by atoms with van der Waals surface area (Å²) in [6.07, 6.45) is 1.88. The van der Waals surface area contributed by atoms with Crippen LogP contribution in [0.2, 0.25) is 0 Å². The van der Waals surface area contributed by atoms with E-state index in [1.165, 1.54) is 17.2 Å². The van der Waals surface area contributed by atoms with Gasteiger partial charge in [-0.2, -0.15) is 4.37 Å². The lowest BCUT2D eigenvalue weighted by Crippen LogP contribution is -2.14. The van der Waals surface area contributed by atoms with E-state index in [1.54, 1.807) is 0 Å². The summed E-state index contributed by atoms with van der Waals surface area (Å²) in [4.78, 5) is 2.16. The summed E-state index contributed by atoms with van der Waals surface area (Å²) in [5.41, 5.74) is 1.21.